The van der Waals surface area contributed by atoms with Gasteiger partial charge < -0.3 is 0 Å². The Morgan fingerprint density at radius 3 is 2.78 bits per heavy atom. The maximum absolute atomic E-state index is 11.7. The van der Waals surface area contributed by atoms with Crippen molar-refractivity contribution in [3.05, 3.63) is 57.8 Å². The first kappa shape index (κ1) is 12.4. The van der Waals surface area contributed by atoms with Crippen molar-refractivity contribution in [2.45, 2.75) is 0 Å². The number of benzene rings is 1. The molecule has 0 atom stereocenters. The topological polar surface area (TPSA) is 38.3 Å². The zero-order valence-corrected chi connectivity index (χ0v) is 10.6. The molecule has 1 aromatic carbocycles. The normalized spacial score (nSPS) is 9.39. The fourth-order valence-corrected chi connectivity index (χ4v) is 1.99. The predicted octanol–water partition coefficient (Wildman–Crippen LogP) is 2.44. The highest BCUT2D eigenvalue weighted by molar-refractivity contribution is 7.10. The largest absolute Gasteiger partial charge is 0.277 e. The summed E-state index contributed by atoms with van der Waals surface area (Å²) in [6.45, 7) is 0. The molecule has 18 heavy (non-hydrogen) atoms. The highest BCUT2D eigenvalue weighted by atomic mass is 32.1. The Morgan fingerprint density at radius 2 is 2.06 bits per heavy atom. The molecule has 1 aromatic heterocycles. The van der Waals surface area contributed by atoms with E-state index in [1.165, 1.54) is 7.11 Å². The van der Waals surface area contributed by atoms with Gasteiger partial charge in [-0.15, -0.1) is 11.3 Å². The van der Waals surface area contributed by atoms with Gasteiger partial charge in [-0.3, -0.25) is 9.63 Å². The molecule has 0 bridgehead atoms. The van der Waals surface area contributed by atoms with Crippen LogP contribution >= 0.6 is 11.3 Å². The van der Waals surface area contributed by atoms with Crippen LogP contribution in [0.1, 0.15) is 20.8 Å². The predicted molar refractivity (Wildman–Crippen MR) is 71.2 cm³/mol. The third-order valence-electron chi connectivity index (χ3n) is 2.21. The van der Waals surface area contributed by atoms with Crippen LogP contribution in [0.3, 0.4) is 0 Å². The van der Waals surface area contributed by atoms with Crippen LogP contribution in [0.2, 0.25) is 0 Å². The molecule has 90 valence electrons. The Morgan fingerprint density at radius 1 is 1.22 bits per heavy atom. The van der Waals surface area contributed by atoms with Gasteiger partial charge in [0.25, 0.3) is 5.91 Å². The molecule has 0 aliphatic heterocycles. The summed E-state index contributed by atoms with van der Waals surface area (Å²) >= 11 is 1.57. The molecule has 4 heteroatoms. The van der Waals surface area contributed by atoms with Gasteiger partial charge in [0, 0.05) is 5.56 Å². The number of hydrogen-bond donors (Lipinski definition) is 1. The second-order valence-electron chi connectivity index (χ2n) is 3.41. The van der Waals surface area contributed by atoms with Gasteiger partial charge in [0.1, 0.15) is 0 Å². The minimum atomic E-state index is -0.298. The summed E-state index contributed by atoms with van der Waals surface area (Å²) in [6.07, 6.45) is 0. The highest BCUT2D eigenvalue weighted by Crippen LogP contribution is 2.09. The van der Waals surface area contributed by atoms with E-state index in [2.05, 4.69) is 22.2 Å². The lowest BCUT2D eigenvalue weighted by molar-refractivity contribution is 0.0537. The summed E-state index contributed by atoms with van der Waals surface area (Å²) in [6, 6.07) is 11.1. The highest BCUT2D eigenvalue weighted by Gasteiger charge is 2.08. The molecule has 3 nitrogen and oxygen atoms in total. The lowest BCUT2D eigenvalue weighted by atomic mass is 10.1. The van der Waals surface area contributed by atoms with Crippen molar-refractivity contribution in [3.8, 4) is 11.8 Å². The molecule has 0 saturated carbocycles. The summed E-state index contributed by atoms with van der Waals surface area (Å²) in [7, 11) is 1.40. The summed E-state index contributed by atoms with van der Waals surface area (Å²) in [5.74, 6) is 5.73. The van der Waals surface area contributed by atoms with E-state index in [1.54, 1.807) is 23.5 Å². The van der Waals surface area contributed by atoms with Crippen LogP contribution in [-0.2, 0) is 4.84 Å². The van der Waals surface area contributed by atoms with Crippen molar-refractivity contribution in [3.63, 3.8) is 0 Å². The maximum Gasteiger partial charge on any atom is 0.276 e. The maximum atomic E-state index is 11.7. The first-order valence-corrected chi connectivity index (χ1v) is 6.17. The van der Waals surface area contributed by atoms with E-state index >= 15 is 0 Å². The van der Waals surface area contributed by atoms with Gasteiger partial charge in [-0.2, -0.15) is 0 Å². The molecule has 1 heterocycles. The fraction of sp³-hybridized carbons (Fsp3) is 0.0714. The van der Waals surface area contributed by atoms with Crippen LogP contribution in [0.4, 0.5) is 0 Å². The molecule has 2 rings (SSSR count). The van der Waals surface area contributed by atoms with E-state index in [0.29, 0.717) is 11.1 Å². The standard InChI is InChI=1S/C14H11NO2S/c1-17-15-14(16)13-7-3-2-5-11(13)8-9-12-6-4-10-18-12/h2-7,10H,1H3,(H,15,16). The molecule has 0 spiro atoms. The van der Waals surface area contributed by atoms with Crippen LogP contribution in [0.25, 0.3) is 0 Å². The molecule has 1 N–H and O–H groups in total. The number of thiophene rings is 1. The quantitative estimate of drug-likeness (QED) is 0.663. The first-order valence-electron chi connectivity index (χ1n) is 5.29. The number of carbonyl (C=O) groups is 1. The van der Waals surface area contributed by atoms with E-state index in [1.807, 2.05) is 29.6 Å². The van der Waals surface area contributed by atoms with E-state index in [-0.39, 0.29) is 5.91 Å². The van der Waals surface area contributed by atoms with Crippen molar-refractivity contribution < 1.29 is 9.63 Å². The van der Waals surface area contributed by atoms with Crippen LogP contribution in [0, 0.1) is 11.8 Å². The van der Waals surface area contributed by atoms with Gasteiger partial charge in [-0.25, -0.2) is 5.48 Å². The van der Waals surface area contributed by atoms with E-state index in [0.717, 1.165) is 4.88 Å². The van der Waals surface area contributed by atoms with Crippen LogP contribution in [-0.4, -0.2) is 13.0 Å². The molecule has 0 radical (unpaired) electrons. The van der Waals surface area contributed by atoms with Crippen molar-refractivity contribution in [1.29, 1.82) is 0 Å². The Kier molecular flexibility index (Phi) is 4.13. The molecule has 1 amide bonds. The SMILES string of the molecule is CONC(=O)c1ccccc1C#Cc1cccs1. The van der Waals surface area contributed by atoms with Gasteiger partial charge in [0.2, 0.25) is 0 Å². The van der Waals surface area contributed by atoms with Gasteiger partial charge in [-0.1, -0.05) is 30.0 Å². The fourth-order valence-electron chi connectivity index (χ4n) is 1.42. The van der Waals surface area contributed by atoms with Gasteiger partial charge in [0.15, 0.2) is 0 Å². The number of hydroxylamine groups is 1. The van der Waals surface area contributed by atoms with E-state index in [9.17, 15) is 4.79 Å². The number of amides is 1. The third kappa shape index (κ3) is 2.98. The van der Waals surface area contributed by atoms with Crippen molar-refractivity contribution >= 4 is 17.2 Å². The van der Waals surface area contributed by atoms with Gasteiger partial charge in [-0.05, 0) is 23.6 Å². The molecule has 0 saturated heterocycles. The van der Waals surface area contributed by atoms with E-state index in [4.69, 9.17) is 0 Å². The Labute approximate surface area is 109 Å². The molecule has 0 unspecified atom stereocenters. The van der Waals surface area contributed by atoms with Crippen molar-refractivity contribution in [2.75, 3.05) is 7.11 Å². The van der Waals surface area contributed by atoms with Crippen molar-refractivity contribution in [1.82, 2.24) is 5.48 Å². The molecular formula is C14H11NO2S. The average molecular weight is 257 g/mol. The Balaban J connectivity index is 2.30. The Bertz CT molecular complexity index is 594. The lowest BCUT2D eigenvalue weighted by Crippen LogP contribution is -2.22. The second kappa shape index (κ2) is 6.01. The minimum absolute atomic E-state index is 0.298. The molecule has 2 aromatic rings. The summed E-state index contributed by atoms with van der Waals surface area (Å²) < 4.78 is 0. The lowest BCUT2D eigenvalue weighted by Gasteiger charge is -2.03. The summed E-state index contributed by atoms with van der Waals surface area (Å²) in [5.41, 5.74) is 3.48. The smallest absolute Gasteiger partial charge is 0.276 e. The second-order valence-corrected chi connectivity index (χ2v) is 4.36. The molecular weight excluding hydrogens is 246 g/mol. The first-order chi connectivity index (χ1) is 8.81. The molecule has 0 fully saturated rings. The number of rotatable bonds is 2. The third-order valence-corrected chi connectivity index (χ3v) is 2.99. The zero-order valence-electron chi connectivity index (χ0n) is 9.77. The number of carbonyl (C=O) groups excluding carboxylic acids is 1. The van der Waals surface area contributed by atoms with Gasteiger partial charge >= 0.3 is 0 Å². The van der Waals surface area contributed by atoms with Crippen LogP contribution in [0.5, 0.6) is 0 Å². The summed E-state index contributed by atoms with van der Waals surface area (Å²) in [4.78, 5) is 17.3. The van der Waals surface area contributed by atoms with Crippen molar-refractivity contribution in [2.24, 2.45) is 0 Å². The minimum Gasteiger partial charge on any atom is -0.277 e. The zero-order chi connectivity index (χ0) is 12.8. The summed E-state index contributed by atoms with van der Waals surface area (Å²) in [5, 5.41) is 1.97. The average Bonchev–Trinajstić information content (AvgIpc) is 2.90. The van der Waals surface area contributed by atoms with Gasteiger partial charge in [0.05, 0.1) is 17.6 Å². The number of hydrogen-bond acceptors (Lipinski definition) is 3. The number of nitrogens with one attached hydrogen (secondary N) is 1. The van der Waals surface area contributed by atoms with E-state index < -0.39 is 0 Å². The van der Waals surface area contributed by atoms with Crippen LogP contribution in [0.15, 0.2) is 41.8 Å². The van der Waals surface area contributed by atoms with Crippen LogP contribution < -0.4 is 5.48 Å². The molecule has 0 aliphatic carbocycles. The monoisotopic (exact) mass is 257 g/mol. The Hall–Kier alpha value is -2.09. The molecule has 0 aliphatic rings.